The normalized spacial score (nSPS) is 17.5. The first-order valence-corrected chi connectivity index (χ1v) is 8.47. The first-order chi connectivity index (χ1) is 10.4. The summed E-state index contributed by atoms with van der Waals surface area (Å²) in [6.07, 6.45) is 0. The van der Waals surface area contributed by atoms with Crippen molar-refractivity contribution < 1.29 is 17.9 Å². The molecule has 0 radical (unpaired) electrons. The summed E-state index contributed by atoms with van der Waals surface area (Å²) in [6, 6.07) is 7.91. The van der Waals surface area contributed by atoms with Crippen LogP contribution in [0.4, 0.5) is 0 Å². The average Bonchev–Trinajstić information content (AvgIpc) is 2.53. The van der Waals surface area contributed by atoms with Crippen molar-refractivity contribution in [1.29, 1.82) is 0 Å². The van der Waals surface area contributed by atoms with Crippen LogP contribution in [0.5, 0.6) is 0 Å². The fourth-order valence-electron chi connectivity index (χ4n) is 2.13. The first-order valence-electron chi connectivity index (χ1n) is 7.03. The van der Waals surface area contributed by atoms with Gasteiger partial charge in [0.05, 0.1) is 13.2 Å². The first kappa shape index (κ1) is 16.9. The van der Waals surface area contributed by atoms with Gasteiger partial charge >= 0.3 is 0 Å². The molecule has 1 amide bonds. The number of nitrogens with one attached hydrogen (secondary N) is 1. The molecule has 22 heavy (non-hydrogen) atoms. The van der Waals surface area contributed by atoms with Crippen molar-refractivity contribution in [3.8, 4) is 0 Å². The standard InChI is InChI=1S/C14H21N3O4S/c1-16(2)22(19,20)15-13(12-6-4-3-5-7-12)14(18)17-8-10-21-11-9-17/h3-7,13,15H,8-11H2,1-2H3/t13-/m0/s1. The van der Waals surface area contributed by atoms with Crippen molar-refractivity contribution in [1.82, 2.24) is 13.9 Å². The van der Waals surface area contributed by atoms with E-state index < -0.39 is 16.3 Å². The zero-order valence-corrected chi connectivity index (χ0v) is 13.5. The molecular formula is C14H21N3O4S. The average molecular weight is 327 g/mol. The van der Waals surface area contributed by atoms with Crippen LogP contribution < -0.4 is 4.72 Å². The van der Waals surface area contributed by atoms with Gasteiger partial charge in [0.15, 0.2) is 0 Å². The molecule has 1 saturated heterocycles. The summed E-state index contributed by atoms with van der Waals surface area (Å²) in [5.41, 5.74) is 0.615. The number of ether oxygens (including phenoxy) is 1. The molecule has 1 N–H and O–H groups in total. The summed E-state index contributed by atoms with van der Waals surface area (Å²) in [6.45, 7) is 1.86. The van der Waals surface area contributed by atoms with Gasteiger partial charge in [0, 0.05) is 27.2 Å². The predicted molar refractivity (Wildman–Crippen MR) is 82.3 cm³/mol. The van der Waals surface area contributed by atoms with Crippen molar-refractivity contribution >= 4 is 16.1 Å². The molecular weight excluding hydrogens is 306 g/mol. The van der Waals surface area contributed by atoms with E-state index in [9.17, 15) is 13.2 Å². The Morgan fingerprint density at radius 1 is 1.23 bits per heavy atom. The van der Waals surface area contributed by atoms with Gasteiger partial charge in [-0.15, -0.1) is 0 Å². The SMILES string of the molecule is CN(C)S(=O)(=O)N[C@H](C(=O)N1CCOCC1)c1ccccc1. The minimum absolute atomic E-state index is 0.264. The minimum atomic E-state index is -3.72. The minimum Gasteiger partial charge on any atom is -0.378 e. The highest BCUT2D eigenvalue weighted by molar-refractivity contribution is 7.87. The molecule has 1 heterocycles. The molecule has 8 heteroatoms. The van der Waals surface area contributed by atoms with Crippen LogP contribution in [0, 0.1) is 0 Å². The number of morpholine rings is 1. The molecule has 0 spiro atoms. The number of hydrogen-bond donors (Lipinski definition) is 1. The van der Waals surface area contributed by atoms with E-state index in [-0.39, 0.29) is 5.91 Å². The molecule has 1 aliphatic heterocycles. The van der Waals surface area contributed by atoms with E-state index >= 15 is 0 Å². The Hall–Kier alpha value is -1.48. The molecule has 0 saturated carbocycles. The van der Waals surface area contributed by atoms with Crippen LogP contribution in [-0.4, -0.2) is 63.9 Å². The van der Waals surface area contributed by atoms with Crippen LogP contribution in [-0.2, 0) is 19.7 Å². The van der Waals surface area contributed by atoms with Crippen molar-refractivity contribution in [2.24, 2.45) is 0 Å². The summed E-state index contributed by atoms with van der Waals surface area (Å²) in [5.74, 6) is -0.264. The third kappa shape index (κ3) is 4.04. The second-order valence-corrected chi connectivity index (χ2v) is 7.10. The number of carbonyl (C=O) groups excluding carboxylic acids is 1. The van der Waals surface area contributed by atoms with Crippen LogP contribution in [0.25, 0.3) is 0 Å². The van der Waals surface area contributed by atoms with E-state index in [1.165, 1.54) is 14.1 Å². The zero-order chi connectivity index (χ0) is 16.2. The van der Waals surface area contributed by atoms with Gasteiger partial charge in [0.25, 0.3) is 10.2 Å². The zero-order valence-electron chi connectivity index (χ0n) is 12.7. The van der Waals surface area contributed by atoms with Gasteiger partial charge < -0.3 is 9.64 Å². The van der Waals surface area contributed by atoms with E-state index in [1.54, 1.807) is 29.2 Å². The Balaban J connectivity index is 2.27. The Morgan fingerprint density at radius 2 is 1.82 bits per heavy atom. The fourth-order valence-corrected chi connectivity index (χ4v) is 2.87. The Kier molecular flexibility index (Phi) is 5.52. The Labute approximate surface area is 131 Å². The molecule has 0 aromatic heterocycles. The highest BCUT2D eigenvalue weighted by Gasteiger charge is 2.31. The van der Waals surface area contributed by atoms with Crippen LogP contribution >= 0.6 is 0 Å². The third-order valence-electron chi connectivity index (χ3n) is 3.45. The fraction of sp³-hybridized carbons (Fsp3) is 0.500. The second-order valence-electron chi connectivity index (χ2n) is 5.19. The summed E-state index contributed by atoms with van der Waals surface area (Å²) < 4.78 is 33.0. The molecule has 1 aliphatic rings. The Bertz CT molecular complexity index is 598. The van der Waals surface area contributed by atoms with Crippen molar-refractivity contribution in [2.75, 3.05) is 40.4 Å². The molecule has 1 aromatic rings. The van der Waals surface area contributed by atoms with E-state index in [1.807, 2.05) is 6.07 Å². The van der Waals surface area contributed by atoms with Gasteiger partial charge in [-0.25, -0.2) is 0 Å². The van der Waals surface area contributed by atoms with Crippen molar-refractivity contribution in [3.05, 3.63) is 35.9 Å². The highest BCUT2D eigenvalue weighted by atomic mass is 32.2. The molecule has 122 valence electrons. The number of nitrogens with zero attached hydrogens (tertiary/aromatic N) is 2. The largest absolute Gasteiger partial charge is 0.378 e. The van der Waals surface area contributed by atoms with Crippen LogP contribution in [0.15, 0.2) is 30.3 Å². The third-order valence-corrected chi connectivity index (χ3v) is 4.95. The molecule has 0 bridgehead atoms. The molecule has 1 atom stereocenters. The van der Waals surface area contributed by atoms with Gasteiger partial charge in [-0.2, -0.15) is 17.4 Å². The maximum Gasteiger partial charge on any atom is 0.279 e. The molecule has 0 aliphatic carbocycles. The monoisotopic (exact) mass is 327 g/mol. The maximum absolute atomic E-state index is 12.7. The molecule has 7 nitrogen and oxygen atoms in total. The van der Waals surface area contributed by atoms with Gasteiger partial charge in [-0.05, 0) is 5.56 Å². The molecule has 1 fully saturated rings. The van der Waals surface area contributed by atoms with E-state index in [2.05, 4.69) is 4.72 Å². The lowest BCUT2D eigenvalue weighted by Crippen LogP contribution is -2.49. The summed E-state index contributed by atoms with van der Waals surface area (Å²) in [5, 5.41) is 0. The van der Waals surface area contributed by atoms with Gasteiger partial charge in [0.2, 0.25) is 5.91 Å². The van der Waals surface area contributed by atoms with E-state index in [0.29, 0.717) is 31.9 Å². The number of rotatable bonds is 5. The topological polar surface area (TPSA) is 79.0 Å². The molecule has 2 rings (SSSR count). The predicted octanol–water partition coefficient (Wildman–Crippen LogP) is -0.0175. The van der Waals surface area contributed by atoms with E-state index in [0.717, 1.165) is 4.31 Å². The van der Waals surface area contributed by atoms with Crippen LogP contribution in [0.3, 0.4) is 0 Å². The number of benzene rings is 1. The number of carbonyl (C=O) groups is 1. The van der Waals surface area contributed by atoms with Crippen LogP contribution in [0.1, 0.15) is 11.6 Å². The molecule has 0 unspecified atom stereocenters. The van der Waals surface area contributed by atoms with Crippen molar-refractivity contribution in [3.63, 3.8) is 0 Å². The lowest BCUT2D eigenvalue weighted by molar-refractivity contribution is -0.137. The second kappa shape index (κ2) is 7.19. The molecule has 1 aromatic carbocycles. The smallest absolute Gasteiger partial charge is 0.279 e. The Morgan fingerprint density at radius 3 is 2.36 bits per heavy atom. The maximum atomic E-state index is 12.7. The van der Waals surface area contributed by atoms with E-state index in [4.69, 9.17) is 4.74 Å². The summed E-state index contributed by atoms with van der Waals surface area (Å²) in [7, 11) is -0.884. The lowest BCUT2D eigenvalue weighted by Gasteiger charge is -2.31. The van der Waals surface area contributed by atoms with Gasteiger partial charge in [-0.3, -0.25) is 4.79 Å². The number of hydrogen-bond acceptors (Lipinski definition) is 4. The quantitative estimate of drug-likeness (QED) is 0.824. The highest BCUT2D eigenvalue weighted by Crippen LogP contribution is 2.18. The van der Waals surface area contributed by atoms with Gasteiger partial charge in [0.1, 0.15) is 6.04 Å². The number of amides is 1. The summed E-state index contributed by atoms with van der Waals surface area (Å²) >= 11 is 0. The van der Waals surface area contributed by atoms with Crippen molar-refractivity contribution in [2.45, 2.75) is 6.04 Å². The van der Waals surface area contributed by atoms with Gasteiger partial charge in [-0.1, -0.05) is 30.3 Å². The lowest BCUT2D eigenvalue weighted by atomic mass is 10.1. The van der Waals surface area contributed by atoms with Crippen LogP contribution in [0.2, 0.25) is 0 Å². The summed E-state index contributed by atoms with van der Waals surface area (Å²) in [4.78, 5) is 14.3.